The maximum absolute atomic E-state index is 14.4. The quantitative estimate of drug-likeness (QED) is 0.163. The van der Waals surface area contributed by atoms with E-state index in [1.54, 1.807) is 23.3 Å². The lowest BCUT2D eigenvalue weighted by Gasteiger charge is -2.50. The van der Waals surface area contributed by atoms with Crippen molar-refractivity contribution in [1.29, 1.82) is 0 Å². The van der Waals surface area contributed by atoms with E-state index in [0.717, 1.165) is 6.42 Å². The number of ketones is 1. The van der Waals surface area contributed by atoms with Gasteiger partial charge in [-0.05, 0) is 75.7 Å². The van der Waals surface area contributed by atoms with E-state index in [-0.39, 0.29) is 17.5 Å². The minimum absolute atomic E-state index is 0.00241. The fourth-order valence-electron chi connectivity index (χ4n) is 12.7. The highest BCUT2D eigenvalue weighted by Crippen LogP contribution is 2.57. The van der Waals surface area contributed by atoms with Crippen LogP contribution in [0.3, 0.4) is 0 Å². The summed E-state index contributed by atoms with van der Waals surface area (Å²) in [7, 11) is 0. The molecule has 4 nitrogen and oxygen atoms in total. The molecule has 12 atom stereocenters. The number of hydrogen-bond acceptors (Lipinski definition) is 3. The summed E-state index contributed by atoms with van der Waals surface area (Å²) in [5.74, 6) is -11.4. The van der Waals surface area contributed by atoms with Crippen molar-refractivity contribution in [2.75, 3.05) is 0 Å². The molecule has 2 aliphatic heterocycles. The fourth-order valence-corrected chi connectivity index (χ4v) is 12.7. The summed E-state index contributed by atoms with van der Waals surface area (Å²) in [5.41, 5.74) is 0.797. The molecule has 5 saturated carbocycles. The summed E-state index contributed by atoms with van der Waals surface area (Å²) in [4.78, 5) is 16.2. The van der Waals surface area contributed by atoms with Gasteiger partial charge in [0.25, 0.3) is 0 Å². The average Bonchev–Trinajstić information content (AvgIpc) is 3.52. The highest BCUT2D eigenvalue weighted by Gasteiger charge is 2.63. The molecule has 0 radical (unpaired) electrons. The number of nitrogens with zero attached hydrogens (tertiary/aromatic N) is 2. The number of carbonyl (C=O) groups is 1. The predicted molar refractivity (Wildman–Crippen MR) is 170 cm³/mol. The van der Waals surface area contributed by atoms with E-state index in [1.807, 2.05) is 0 Å². The zero-order valence-electron chi connectivity index (χ0n) is 30.2. The van der Waals surface area contributed by atoms with E-state index in [2.05, 4.69) is 0 Å². The number of likely N-dealkylation sites (tertiary alicyclic amines) is 1. The number of fused-ring (bicyclic) bond motifs is 2. The van der Waals surface area contributed by atoms with Gasteiger partial charge in [-0.15, -0.1) is 0 Å². The van der Waals surface area contributed by atoms with Gasteiger partial charge in [0.15, 0.2) is 23.6 Å². The van der Waals surface area contributed by atoms with Crippen LogP contribution in [-0.2, 0) is 4.79 Å². The Kier molecular flexibility index (Phi) is 10.4. The van der Waals surface area contributed by atoms with Gasteiger partial charge in [0.2, 0.25) is 0 Å². The largest absolute Gasteiger partial charge is 0.848 e. The van der Waals surface area contributed by atoms with Crippen molar-refractivity contribution in [2.24, 2.45) is 47.3 Å². The lowest BCUT2D eigenvalue weighted by molar-refractivity contribution is -0.610. The third kappa shape index (κ3) is 6.94. The summed E-state index contributed by atoms with van der Waals surface area (Å²) in [6.07, 6.45) is -20.1. The number of rotatable bonds is 3. The lowest BCUT2D eigenvalue weighted by Crippen LogP contribution is -2.60. The molecule has 54 heavy (non-hydrogen) atoms. The van der Waals surface area contributed by atoms with Gasteiger partial charge >= 0.3 is 24.7 Å². The van der Waals surface area contributed by atoms with E-state index in [9.17, 15) is 62.6 Å². The molecule has 0 N–H and O–H groups in total. The van der Waals surface area contributed by atoms with E-state index in [1.165, 1.54) is 0 Å². The van der Waals surface area contributed by atoms with Crippen LogP contribution in [0.15, 0.2) is 11.1 Å². The molecular formula is C38H48F12N2O2. The Bertz CT molecular complexity index is 1470. The van der Waals surface area contributed by atoms with E-state index in [4.69, 9.17) is 0 Å². The molecule has 7 aliphatic rings. The normalized spacial score (nSPS) is 44.3. The third-order valence-corrected chi connectivity index (χ3v) is 14.8. The molecule has 16 heteroatoms. The highest BCUT2D eigenvalue weighted by molar-refractivity contribution is 6.13. The monoisotopic (exact) mass is 792 g/mol. The Morgan fingerprint density at radius 2 is 1.13 bits per heavy atom. The van der Waals surface area contributed by atoms with Gasteiger partial charge in [0.05, 0.1) is 29.6 Å². The van der Waals surface area contributed by atoms with Gasteiger partial charge in [-0.3, -0.25) is 9.69 Å². The zero-order valence-corrected chi connectivity index (χ0v) is 30.2. The van der Waals surface area contributed by atoms with Crippen LogP contribution in [0.4, 0.5) is 52.7 Å². The summed E-state index contributed by atoms with van der Waals surface area (Å²) in [5, 5.41) is 14.4. The molecule has 2 heterocycles. The molecule has 306 valence electrons. The molecule has 6 fully saturated rings. The second kappa shape index (κ2) is 13.9. The van der Waals surface area contributed by atoms with Gasteiger partial charge in [0, 0.05) is 55.8 Å². The van der Waals surface area contributed by atoms with Crippen LogP contribution in [0, 0.1) is 47.3 Å². The molecule has 0 amide bonds. The van der Waals surface area contributed by atoms with E-state index < -0.39 is 141 Å². The standard InChI is InChI=1S/C38H48F12N2O2/c1-17-29(25-7-3-5-9-27(25)51(17)23-13-19(35(39,40)41)11-20(14-23)36(42,43)44)31-33(53)32(34(31)54)30-18(2)52(28-10-6-4-8-26(28)30)24-15-21(37(45,46)47)12-22(16-24)38(48,49)50/h17,19-29,31,33H,3-16H2,1-2H3/b32-30+. The second-order valence-corrected chi connectivity index (χ2v) is 17.5. The minimum Gasteiger partial charge on any atom is -0.848 e. The number of halogens is 12. The smallest absolute Gasteiger partial charge is 0.392 e. The lowest BCUT2D eigenvalue weighted by atomic mass is 9.59. The van der Waals surface area contributed by atoms with Gasteiger partial charge in [-0.1, -0.05) is 25.4 Å². The number of hydrogen-bond donors (Lipinski definition) is 0. The van der Waals surface area contributed by atoms with Crippen molar-refractivity contribution < 1.29 is 67.2 Å². The first kappa shape index (κ1) is 40.4. The molecule has 0 aromatic rings. The number of Topliss-reactive ketones (excluding diaryl/α,β-unsaturated/α-hetero) is 1. The molecule has 0 aromatic carbocycles. The summed E-state index contributed by atoms with van der Waals surface area (Å²) < 4.78 is 170. The first-order valence-electron chi connectivity index (χ1n) is 19.6. The highest BCUT2D eigenvalue weighted by atomic mass is 19.4. The van der Waals surface area contributed by atoms with Gasteiger partial charge in [-0.2, -0.15) is 52.7 Å². The summed E-state index contributed by atoms with van der Waals surface area (Å²) in [6.45, 7) is 3.29. The van der Waals surface area contributed by atoms with Gasteiger partial charge in [0.1, 0.15) is 0 Å². The van der Waals surface area contributed by atoms with Crippen LogP contribution in [0.25, 0.3) is 0 Å². The van der Waals surface area contributed by atoms with Crippen molar-refractivity contribution >= 4 is 11.5 Å². The van der Waals surface area contributed by atoms with E-state index in [0.29, 0.717) is 56.2 Å². The maximum atomic E-state index is 14.4. The van der Waals surface area contributed by atoms with Gasteiger partial charge in [-0.25, -0.2) is 4.58 Å². The molecular weight excluding hydrogens is 744 g/mol. The minimum atomic E-state index is -4.83. The molecule has 5 aliphatic carbocycles. The number of carbonyl (C=O) groups excluding carboxylic acids is 1. The molecule has 0 aromatic heterocycles. The maximum Gasteiger partial charge on any atom is 0.392 e. The van der Waals surface area contributed by atoms with Crippen molar-refractivity contribution in [3.8, 4) is 0 Å². The summed E-state index contributed by atoms with van der Waals surface area (Å²) >= 11 is 0. The fraction of sp³-hybridized carbons (Fsp3) is 0.895. The van der Waals surface area contributed by atoms with Crippen molar-refractivity contribution in [3.05, 3.63) is 11.1 Å². The van der Waals surface area contributed by atoms with Crippen LogP contribution in [-0.4, -0.2) is 82.0 Å². The van der Waals surface area contributed by atoms with E-state index >= 15 is 0 Å². The van der Waals surface area contributed by atoms with Crippen molar-refractivity contribution in [1.82, 2.24) is 4.90 Å². The molecule has 7 rings (SSSR count). The first-order chi connectivity index (χ1) is 25.0. The number of alkyl halides is 12. The predicted octanol–water partition coefficient (Wildman–Crippen LogP) is 8.95. The zero-order chi connectivity index (χ0) is 39.4. The Morgan fingerprint density at radius 3 is 1.65 bits per heavy atom. The Balaban J connectivity index is 1.21. The Hall–Kier alpha value is -1.84. The van der Waals surface area contributed by atoms with Crippen LogP contribution in [0.5, 0.6) is 0 Å². The second-order valence-electron chi connectivity index (χ2n) is 17.5. The van der Waals surface area contributed by atoms with Crippen molar-refractivity contribution in [2.45, 2.75) is 165 Å². The average molecular weight is 793 g/mol. The molecule has 0 spiro atoms. The van der Waals surface area contributed by atoms with Crippen LogP contribution in [0.2, 0.25) is 0 Å². The third-order valence-electron chi connectivity index (χ3n) is 14.8. The Labute approximate surface area is 306 Å². The first-order valence-corrected chi connectivity index (χ1v) is 19.6. The molecule has 12 unspecified atom stereocenters. The SMILES string of the molecule is CC1=[N+](C2CC(C(F)(F)F)CC(C(F)(F)F)C2)C2CCCCC2/C1=C1/C(=O)C(C2C3CCCCC3N(C3CC(C(F)(F)F)CC(C(F)(F)F)C3)C2C)C1[O-]. The van der Waals surface area contributed by atoms with Crippen LogP contribution < -0.4 is 5.11 Å². The Morgan fingerprint density at radius 1 is 0.648 bits per heavy atom. The summed E-state index contributed by atoms with van der Waals surface area (Å²) in [6, 6.07) is -3.62. The van der Waals surface area contributed by atoms with Crippen LogP contribution >= 0.6 is 0 Å². The topological polar surface area (TPSA) is 46.4 Å². The molecule has 1 saturated heterocycles. The van der Waals surface area contributed by atoms with Crippen LogP contribution in [0.1, 0.15) is 104 Å². The van der Waals surface area contributed by atoms with Gasteiger partial charge < -0.3 is 5.11 Å². The van der Waals surface area contributed by atoms with Crippen molar-refractivity contribution in [3.63, 3.8) is 0 Å². The molecule has 0 bridgehead atoms.